The van der Waals surface area contributed by atoms with E-state index < -0.39 is 0 Å². The van der Waals surface area contributed by atoms with Crippen LogP contribution in [0.25, 0.3) is 0 Å². The number of piperidine rings is 1. The average molecular weight is 160 g/mol. The van der Waals surface area contributed by atoms with E-state index in [4.69, 9.17) is 11.6 Å². The molecule has 0 spiro atoms. The number of nitrogens with zero attached hydrogens (tertiary/aromatic N) is 1. The Hall–Kier alpha value is -0.0800. The van der Waals surface area contributed by atoms with Gasteiger partial charge in [0.2, 0.25) is 5.24 Å². The highest BCUT2D eigenvalue weighted by molar-refractivity contribution is 6.64. The summed E-state index contributed by atoms with van der Waals surface area (Å²) in [6.07, 6.45) is 1.38. The van der Waals surface area contributed by atoms with Crippen LogP contribution in [0.4, 0.5) is 0 Å². The Morgan fingerprint density at radius 1 is 1.50 bits per heavy atom. The van der Waals surface area contributed by atoms with E-state index in [1.165, 1.54) is 6.42 Å². The monoisotopic (exact) mass is 159 g/mol. The zero-order chi connectivity index (χ0) is 7.14. The first kappa shape index (κ1) is 6.62. The van der Waals surface area contributed by atoms with Crippen LogP contribution in [0.15, 0.2) is 0 Å². The molecule has 1 saturated carbocycles. The zero-order valence-corrected chi connectivity index (χ0v) is 6.47. The Morgan fingerprint density at radius 3 is 2.60 bits per heavy atom. The normalized spacial score (nSPS) is 37.7. The van der Waals surface area contributed by atoms with E-state index in [-0.39, 0.29) is 5.24 Å². The first-order valence-corrected chi connectivity index (χ1v) is 4.04. The molecule has 10 heavy (non-hydrogen) atoms. The molecule has 2 unspecified atom stereocenters. The molecule has 2 fully saturated rings. The van der Waals surface area contributed by atoms with Crippen molar-refractivity contribution in [2.45, 2.75) is 6.42 Å². The number of hydrogen-bond acceptors (Lipinski definition) is 2. The zero-order valence-electron chi connectivity index (χ0n) is 5.72. The second-order valence-corrected chi connectivity index (χ2v) is 3.73. The highest BCUT2D eigenvalue weighted by Gasteiger charge is 2.44. The fraction of sp³-hybridized carbons (Fsp3) is 0.857. The molecule has 1 aliphatic carbocycles. The number of fused-ring (bicyclic) bond motifs is 1. The van der Waals surface area contributed by atoms with Gasteiger partial charge in [-0.2, -0.15) is 0 Å². The van der Waals surface area contributed by atoms with E-state index in [0.717, 1.165) is 24.9 Å². The minimum Gasteiger partial charge on any atom is -0.294 e. The van der Waals surface area contributed by atoms with Crippen molar-refractivity contribution in [2.75, 3.05) is 19.6 Å². The molecular formula is C7H10ClNO. The lowest BCUT2D eigenvalue weighted by molar-refractivity contribution is -0.112. The first-order valence-electron chi connectivity index (χ1n) is 3.66. The molecule has 0 aromatic carbocycles. The highest BCUT2D eigenvalue weighted by Crippen LogP contribution is 2.44. The molecule has 0 amide bonds. The quantitative estimate of drug-likeness (QED) is 0.553. The molecule has 2 rings (SSSR count). The molecule has 2 nitrogen and oxygen atoms in total. The summed E-state index contributed by atoms with van der Waals surface area (Å²) >= 11 is 5.24. The van der Waals surface area contributed by atoms with Crippen LogP contribution in [0.5, 0.6) is 0 Å². The lowest BCUT2D eigenvalue weighted by Crippen LogP contribution is -2.27. The van der Waals surface area contributed by atoms with Gasteiger partial charge in [-0.25, -0.2) is 0 Å². The Bertz CT molecular complexity index is 161. The Kier molecular flexibility index (Phi) is 1.46. The molecular weight excluding hydrogens is 150 g/mol. The van der Waals surface area contributed by atoms with Crippen molar-refractivity contribution >= 4 is 16.8 Å². The number of likely N-dealkylation sites (tertiary alicyclic amines) is 1. The molecule has 3 heteroatoms. The molecule has 0 N–H and O–H groups in total. The minimum atomic E-state index is -0.221. The van der Waals surface area contributed by atoms with Crippen molar-refractivity contribution in [1.82, 2.24) is 4.90 Å². The van der Waals surface area contributed by atoms with Crippen LogP contribution >= 0.6 is 11.6 Å². The summed E-state index contributed by atoms with van der Waals surface area (Å²) in [5.74, 6) is 1.80. The number of hydrogen-bond donors (Lipinski definition) is 0. The van der Waals surface area contributed by atoms with Gasteiger partial charge in [0.1, 0.15) is 0 Å². The van der Waals surface area contributed by atoms with Gasteiger partial charge in [-0.3, -0.25) is 9.69 Å². The number of rotatable bonds is 2. The van der Waals surface area contributed by atoms with Gasteiger partial charge >= 0.3 is 0 Å². The summed E-state index contributed by atoms with van der Waals surface area (Å²) in [4.78, 5) is 12.6. The van der Waals surface area contributed by atoms with Gasteiger partial charge < -0.3 is 0 Å². The second kappa shape index (κ2) is 2.21. The van der Waals surface area contributed by atoms with Crippen LogP contribution in [-0.4, -0.2) is 29.8 Å². The lowest BCUT2D eigenvalue weighted by atomic mass is 10.4. The van der Waals surface area contributed by atoms with Gasteiger partial charge in [-0.05, 0) is 29.9 Å². The maximum atomic E-state index is 10.4. The summed E-state index contributed by atoms with van der Waals surface area (Å²) in [6, 6.07) is 0. The SMILES string of the molecule is O=C(Cl)CN1CC2CC2C1. The Labute approximate surface area is 65.1 Å². The van der Waals surface area contributed by atoms with Crippen LogP contribution in [0.3, 0.4) is 0 Å². The van der Waals surface area contributed by atoms with Crippen molar-refractivity contribution in [2.24, 2.45) is 11.8 Å². The Morgan fingerprint density at radius 2 is 2.10 bits per heavy atom. The van der Waals surface area contributed by atoms with Crippen LogP contribution in [0.1, 0.15) is 6.42 Å². The standard InChI is InChI=1S/C7H10ClNO/c8-7(10)4-9-2-5-1-6(5)3-9/h5-6H,1-4H2. The molecule has 56 valence electrons. The van der Waals surface area contributed by atoms with E-state index in [9.17, 15) is 4.79 Å². The van der Waals surface area contributed by atoms with Crippen LogP contribution in [0, 0.1) is 11.8 Å². The number of carbonyl (C=O) groups excluding carboxylic acids is 1. The van der Waals surface area contributed by atoms with Crippen molar-refractivity contribution in [3.8, 4) is 0 Å². The van der Waals surface area contributed by atoms with Crippen LogP contribution in [0.2, 0.25) is 0 Å². The fourth-order valence-electron chi connectivity index (χ4n) is 1.80. The predicted molar refractivity (Wildman–Crippen MR) is 38.9 cm³/mol. The van der Waals surface area contributed by atoms with Gasteiger partial charge in [0.15, 0.2) is 0 Å². The van der Waals surface area contributed by atoms with Crippen molar-refractivity contribution < 1.29 is 4.79 Å². The summed E-state index contributed by atoms with van der Waals surface area (Å²) in [6.45, 7) is 2.65. The lowest BCUT2D eigenvalue weighted by Gasteiger charge is -2.13. The summed E-state index contributed by atoms with van der Waals surface area (Å²) < 4.78 is 0. The van der Waals surface area contributed by atoms with E-state index in [2.05, 4.69) is 4.90 Å². The third kappa shape index (κ3) is 1.18. The summed E-state index contributed by atoms with van der Waals surface area (Å²) in [7, 11) is 0. The minimum absolute atomic E-state index is 0.221. The van der Waals surface area contributed by atoms with Crippen molar-refractivity contribution in [3.63, 3.8) is 0 Å². The van der Waals surface area contributed by atoms with E-state index >= 15 is 0 Å². The maximum Gasteiger partial charge on any atom is 0.235 e. The molecule has 0 aromatic heterocycles. The second-order valence-electron chi connectivity index (χ2n) is 3.31. The van der Waals surface area contributed by atoms with Gasteiger partial charge in [0.05, 0.1) is 6.54 Å². The van der Waals surface area contributed by atoms with E-state index in [0.29, 0.717) is 6.54 Å². The Balaban J connectivity index is 1.80. The van der Waals surface area contributed by atoms with Gasteiger partial charge in [-0.1, -0.05) is 0 Å². The first-order chi connectivity index (χ1) is 4.75. The molecule has 0 aromatic rings. The molecule has 0 radical (unpaired) electrons. The van der Waals surface area contributed by atoms with Gasteiger partial charge in [0, 0.05) is 13.1 Å². The highest BCUT2D eigenvalue weighted by atomic mass is 35.5. The maximum absolute atomic E-state index is 10.4. The van der Waals surface area contributed by atoms with E-state index in [1.54, 1.807) is 0 Å². The predicted octanol–water partition coefficient (Wildman–Crippen LogP) is 0.704. The smallest absolute Gasteiger partial charge is 0.235 e. The van der Waals surface area contributed by atoms with Crippen molar-refractivity contribution in [1.29, 1.82) is 0 Å². The molecule has 2 atom stereocenters. The fourth-order valence-corrected chi connectivity index (χ4v) is 1.97. The molecule has 2 aliphatic rings. The van der Waals surface area contributed by atoms with Crippen molar-refractivity contribution in [3.05, 3.63) is 0 Å². The molecule has 0 bridgehead atoms. The third-order valence-electron chi connectivity index (χ3n) is 2.40. The van der Waals surface area contributed by atoms with Crippen LogP contribution in [-0.2, 0) is 4.79 Å². The number of halogens is 1. The topological polar surface area (TPSA) is 20.3 Å². The molecule has 1 saturated heterocycles. The largest absolute Gasteiger partial charge is 0.294 e. The summed E-state index contributed by atoms with van der Waals surface area (Å²) in [5.41, 5.74) is 0. The average Bonchev–Trinajstić information content (AvgIpc) is 2.39. The molecule has 1 heterocycles. The molecule has 1 aliphatic heterocycles. The van der Waals surface area contributed by atoms with Crippen LogP contribution < -0.4 is 0 Å². The van der Waals surface area contributed by atoms with Gasteiger partial charge in [0.25, 0.3) is 0 Å². The summed E-state index contributed by atoms with van der Waals surface area (Å²) in [5, 5.41) is -0.221. The van der Waals surface area contributed by atoms with E-state index in [1.807, 2.05) is 0 Å². The van der Waals surface area contributed by atoms with Gasteiger partial charge in [-0.15, -0.1) is 0 Å². The number of carbonyl (C=O) groups is 1. The third-order valence-corrected chi connectivity index (χ3v) is 2.52.